The standard InChI is InChI=1S/C14H26N4O/c1-3-8-18-14(13(15)11(2)16-18)17-9-4-6-12(17)7-5-10-19/h12,19H,3-10,15H2,1-2H3. The second-order valence-electron chi connectivity index (χ2n) is 5.40. The minimum absolute atomic E-state index is 0.271. The molecule has 1 unspecified atom stereocenters. The third-order valence-electron chi connectivity index (χ3n) is 3.93. The lowest BCUT2D eigenvalue weighted by atomic mass is 10.1. The van der Waals surface area contributed by atoms with E-state index in [1.54, 1.807) is 0 Å². The van der Waals surface area contributed by atoms with Gasteiger partial charge in [0.1, 0.15) is 0 Å². The zero-order valence-electron chi connectivity index (χ0n) is 12.1. The van der Waals surface area contributed by atoms with Crippen molar-refractivity contribution in [3.05, 3.63) is 5.69 Å². The molecular formula is C14H26N4O. The molecule has 108 valence electrons. The summed E-state index contributed by atoms with van der Waals surface area (Å²) in [6.07, 6.45) is 5.35. The Morgan fingerprint density at radius 2 is 2.26 bits per heavy atom. The lowest BCUT2D eigenvalue weighted by Crippen LogP contribution is -2.32. The van der Waals surface area contributed by atoms with Gasteiger partial charge < -0.3 is 15.7 Å². The second-order valence-corrected chi connectivity index (χ2v) is 5.40. The highest BCUT2D eigenvalue weighted by atomic mass is 16.2. The van der Waals surface area contributed by atoms with Gasteiger partial charge in [0.25, 0.3) is 0 Å². The summed E-state index contributed by atoms with van der Waals surface area (Å²) in [6.45, 7) is 6.37. The molecular weight excluding hydrogens is 240 g/mol. The second kappa shape index (κ2) is 6.28. The van der Waals surface area contributed by atoms with E-state index in [1.807, 2.05) is 6.92 Å². The lowest BCUT2D eigenvalue weighted by Gasteiger charge is -2.27. The van der Waals surface area contributed by atoms with Crippen LogP contribution in [0.15, 0.2) is 0 Å². The van der Waals surface area contributed by atoms with E-state index in [4.69, 9.17) is 10.8 Å². The monoisotopic (exact) mass is 266 g/mol. The predicted molar refractivity (Wildman–Crippen MR) is 78.4 cm³/mol. The molecule has 1 aromatic heterocycles. The zero-order chi connectivity index (χ0) is 13.8. The van der Waals surface area contributed by atoms with Crippen molar-refractivity contribution < 1.29 is 5.11 Å². The summed E-state index contributed by atoms with van der Waals surface area (Å²) in [5.41, 5.74) is 7.98. The van der Waals surface area contributed by atoms with Crippen LogP contribution in [-0.2, 0) is 6.54 Å². The zero-order valence-corrected chi connectivity index (χ0v) is 12.1. The van der Waals surface area contributed by atoms with Crippen molar-refractivity contribution in [2.45, 2.75) is 58.5 Å². The van der Waals surface area contributed by atoms with E-state index < -0.39 is 0 Å². The van der Waals surface area contributed by atoms with Crippen LogP contribution >= 0.6 is 0 Å². The molecule has 5 heteroatoms. The Labute approximate surface area is 115 Å². The first-order valence-electron chi connectivity index (χ1n) is 7.39. The molecule has 1 fully saturated rings. The quantitative estimate of drug-likeness (QED) is 0.825. The number of rotatable bonds is 6. The minimum Gasteiger partial charge on any atom is -0.396 e. The molecule has 1 atom stereocenters. The topological polar surface area (TPSA) is 67.3 Å². The van der Waals surface area contributed by atoms with Crippen molar-refractivity contribution in [3.63, 3.8) is 0 Å². The van der Waals surface area contributed by atoms with Crippen LogP contribution in [-0.4, -0.2) is 34.1 Å². The first-order valence-corrected chi connectivity index (χ1v) is 7.39. The van der Waals surface area contributed by atoms with Gasteiger partial charge in [0.05, 0.1) is 11.4 Å². The number of aliphatic hydroxyl groups excluding tert-OH is 1. The van der Waals surface area contributed by atoms with E-state index in [-0.39, 0.29) is 6.61 Å². The molecule has 19 heavy (non-hydrogen) atoms. The normalized spacial score (nSPS) is 19.3. The number of nitrogen functional groups attached to an aromatic ring is 1. The van der Waals surface area contributed by atoms with Crippen molar-refractivity contribution in [2.75, 3.05) is 23.8 Å². The summed E-state index contributed by atoms with van der Waals surface area (Å²) in [7, 11) is 0. The number of nitrogens with zero attached hydrogens (tertiary/aromatic N) is 3. The summed E-state index contributed by atoms with van der Waals surface area (Å²) in [6, 6.07) is 0.501. The molecule has 1 saturated heterocycles. The Morgan fingerprint density at radius 3 is 2.95 bits per heavy atom. The Morgan fingerprint density at radius 1 is 1.47 bits per heavy atom. The van der Waals surface area contributed by atoms with E-state index in [0.717, 1.165) is 49.6 Å². The molecule has 0 aromatic carbocycles. The van der Waals surface area contributed by atoms with Gasteiger partial charge in [-0.05, 0) is 39.0 Å². The smallest absolute Gasteiger partial charge is 0.150 e. The number of aliphatic hydroxyl groups is 1. The average molecular weight is 266 g/mol. The van der Waals surface area contributed by atoms with Crippen LogP contribution < -0.4 is 10.6 Å². The van der Waals surface area contributed by atoms with Gasteiger partial charge in [-0.15, -0.1) is 0 Å². The number of aromatic nitrogens is 2. The third kappa shape index (κ3) is 2.86. The van der Waals surface area contributed by atoms with Gasteiger partial charge in [0, 0.05) is 25.7 Å². The SMILES string of the molecule is CCCn1nc(C)c(N)c1N1CCCC1CCCO. The maximum atomic E-state index is 9.02. The summed E-state index contributed by atoms with van der Waals surface area (Å²) in [5.74, 6) is 1.10. The van der Waals surface area contributed by atoms with Gasteiger partial charge in [-0.1, -0.05) is 6.92 Å². The van der Waals surface area contributed by atoms with Gasteiger partial charge in [0.2, 0.25) is 0 Å². The maximum absolute atomic E-state index is 9.02. The number of aryl methyl sites for hydroxylation is 2. The van der Waals surface area contributed by atoms with E-state index in [0.29, 0.717) is 6.04 Å². The number of hydrogen-bond donors (Lipinski definition) is 2. The molecule has 0 spiro atoms. The lowest BCUT2D eigenvalue weighted by molar-refractivity contribution is 0.279. The van der Waals surface area contributed by atoms with Crippen LogP contribution in [0.2, 0.25) is 0 Å². The van der Waals surface area contributed by atoms with E-state index >= 15 is 0 Å². The highest BCUT2D eigenvalue weighted by Gasteiger charge is 2.29. The minimum atomic E-state index is 0.271. The first kappa shape index (κ1) is 14.2. The summed E-state index contributed by atoms with van der Waals surface area (Å²) >= 11 is 0. The van der Waals surface area contributed by atoms with Gasteiger partial charge in [0.15, 0.2) is 5.82 Å². The third-order valence-corrected chi connectivity index (χ3v) is 3.93. The van der Waals surface area contributed by atoms with Crippen LogP contribution in [0.1, 0.15) is 44.7 Å². The maximum Gasteiger partial charge on any atom is 0.150 e. The summed E-state index contributed by atoms with van der Waals surface area (Å²) in [5, 5.41) is 13.6. The number of hydrogen-bond acceptors (Lipinski definition) is 4. The molecule has 0 bridgehead atoms. The molecule has 0 radical (unpaired) electrons. The fraction of sp³-hybridized carbons (Fsp3) is 0.786. The molecule has 2 heterocycles. The van der Waals surface area contributed by atoms with Crippen LogP contribution in [0.5, 0.6) is 0 Å². The highest BCUT2D eigenvalue weighted by Crippen LogP contribution is 2.34. The van der Waals surface area contributed by atoms with E-state index in [2.05, 4.69) is 21.6 Å². The highest BCUT2D eigenvalue weighted by molar-refractivity contribution is 5.67. The number of nitrogens with two attached hydrogens (primary N) is 1. The van der Waals surface area contributed by atoms with Gasteiger partial charge >= 0.3 is 0 Å². The Bertz CT molecular complexity index is 416. The van der Waals surface area contributed by atoms with Crippen molar-refractivity contribution in [2.24, 2.45) is 0 Å². The molecule has 1 aliphatic rings. The Balaban J connectivity index is 2.23. The summed E-state index contributed by atoms with van der Waals surface area (Å²) in [4.78, 5) is 2.40. The van der Waals surface area contributed by atoms with Gasteiger partial charge in [-0.2, -0.15) is 5.10 Å². The fourth-order valence-corrected chi connectivity index (χ4v) is 3.00. The fourth-order valence-electron chi connectivity index (χ4n) is 3.00. The molecule has 0 saturated carbocycles. The molecule has 3 N–H and O–H groups in total. The first-order chi connectivity index (χ1) is 9.19. The van der Waals surface area contributed by atoms with Crippen molar-refractivity contribution in [1.29, 1.82) is 0 Å². The molecule has 5 nitrogen and oxygen atoms in total. The van der Waals surface area contributed by atoms with Crippen LogP contribution in [0, 0.1) is 6.92 Å². The average Bonchev–Trinajstić information content (AvgIpc) is 2.94. The Hall–Kier alpha value is -1.23. The van der Waals surface area contributed by atoms with Crippen LogP contribution in [0.25, 0.3) is 0 Å². The van der Waals surface area contributed by atoms with E-state index in [1.165, 1.54) is 12.8 Å². The Kier molecular flexibility index (Phi) is 4.69. The molecule has 1 aromatic rings. The molecule has 1 aliphatic heterocycles. The predicted octanol–water partition coefficient (Wildman–Crippen LogP) is 1.93. The van der Waals surface area contributed by atoms with Gasteiger partial charge in [-0.25, -0.2) is 4.68 Å². The van der Waals surface area contributed by atoms with Crippen molar-refractivity contribution in [1.82, 2.24) is 9.78 Å². The molecule has 0 aliphatic carbocycles. The molecule has 2 rings (SSSR count). The van der Waals surface area contributed by atoms with Gasteiger partial charge in [-0.3, -0.25) is 0 Å². The largest absolute Gasteiger partial charge is 0.396 e. The summed E-state index contributed by atoms with van der Waals surface area (Å²) < 4.78 is 2.06. The van der Waals surface area contributed by atoms with Crippen LogP contribution in [0.3, 0.4) is 0 Å². The van der Waals surface area contributed by atoms with Crippen LogP contribution in [0.4, 0.5) is 11.5 Å². The molecule has 0 amide bonds. The van der Waals surface area contributed by atoms with Crippen molar-refractivity contribution in [3.8, 4) is 0 Å². The van der Waals surface area contributed by atoms with Crippen molar-refractivity contribution >= 4 is 11.5 Å². The van der Waals surface area contributed by atoms with E-state index in [9.17, 15) is 0 Å². The number of anilines is 2.